The first-order valence-electron chi connectivity index (χ1n) is 3.64. The fourth-order valence-corrected chi connectivity index (χ4v) is 1.18. The smallest absolute Gasteiger partial charge is 0.315 e. The Hall–Kier alpha value is -0.670. The predicted octanol–water partition coefficient (Wildman–Crippen LogP) is 1.31. The monoisotopic (exact) mass is 163 g/mol. The van der Waals surface area contributed by atoms with E-state index in [1.54, 1.807) is 6.92 Å². The van der Waals surface area contributed by atoms with Crippen LogP contribution in [0.3, 0.4) is 0 Å². The quantitative estimate of drug-likeness (QED) is 0.653. The van der Waals surface area contributed by atoms with Crippen molar-refractivity contribution in [3.05, 3.63) is 0 Å². The lowest BCUT2D eigenvalue weighted by atomic mass is 9.78. The summed E-state index contributed by atoms with van der Waals surface area (Å²) in [5.74, 6) is -1.15. The number of rotatable bonds is 2. The zero-order valence-electron chi connectivity index (χ0n) is 6.36. The van der Waals surface area contributed by atoms with Crippen LogP contribution in [0.1, 0.15) is 26.2 Å². The van der Waals surface area contributed by atoms with Gasteiger partial charge in [-0.2, -0.15) is 8.78 Å². The molecule has 0 saturated heterocycles. The topological polar surface area (TPSA) is 29.1 Å². The number of halogens is 2. The highest BCUT2D eigenvalue weighted by molar-refractivity contribution is 5.79. The molecule has 1 N–H and O–H groups in total. The second-order valence-electron chi connectivity index (χ2n) is 3.20. The van der Waals surface area contributed by atoms with Crippen LogP contribution in [-0.2, 0) is 4.79 Å². The van der Waals surface area contributed by atoms with Crippen molar-refractivity contribution >= 4 is 5.91 Å². The fraction of sp³-hybridized carbons (Fsp3) is 0.857. The van der Waals surface area contributed by atoms with Crippen LogP contribution in [0.15, 0.2) is 0 Å². The SMILES string of the molecule is CC1(NC(=O)C(F)F)CCC1. The van der Waals surface area contributed by atoms with E-state index in [1.165, 1.54) is 0 Å². The van der Waals surface area contributed by atoms with Crippen LogP contribution >= 0.6 is 0 Å². The molecule has 0 atom stereocenters. The van der Waals surface area contributed by atoms with Crippen LogP contribution < -0.4 is 5.32 Å². The van der Waals surface area contributed by atoms with Gasteiger partial charge in [0.1, 0.15) is 0 Å². The molecule has 0 aromatic rings. The lowest BCUT2D eigenvalue weighted by Gasteiger charge is -2.38. The van der Waals surface area contributed by atoms with Crippen molar-refractivity contribution < 1.29 is 13.6 Å². The molecule has 0 heterocycles. The van der Waals surface area contributed by atoms with Gasteiger partial charge in [0.05, 0.1) is 0 Å². The average molecular weight is 163 g/mol. The Labute approximate surface area is 64.0 Å². The molecule has 1 amide bonds. The van der Waals surface area contributed by atoms with Gasteiger partial charge in [0, 0.05) is 5.54 Å². The maximum Gasteiger partial charge on any atom is 0.315 e. The molecule has 0 spiro atoms. The average Bonchev–Trinajstić information content (AvgIpc) is 1.84. The molecule has 0 aromatic heterocycles. The summed E-state index contributed by atoms with van der Waals surface area (Å²) in [4.78, 5) is 10.5. The van der Waals surface area contributed by atoms with Crippen molar-refractivity contribution in [3.8, 4) is 0 Å². The number of carbonyl (C=O) groups excluding carboxylic acids is 1. The Morgan fingerprint density at radius 3 is 2.36 bits per heavy atom. The van der Waals surface area contributed by atoms with E-state index in [0.29, 0.717) is 0 Å². The highest BCUT2D eigenvalue weighted by atomic mass is 19.3. The first-order chi connectivity index (χ1) is 5.03. The number of nitrogens with one attached hydrogen (secondary N) is 1. The number of hydrogen-bond acceptors (Lipinski definition) is 1. The summed E-state index contributed by atoms with van der Waals surface area (Å²) in [7, 11) is 0. The zero-order chi connectivity index (χ0) is 8.48. The van der Waals surface area contributed by atoms with E-state index in [2.05, 4.69) is 5.32 Å². The summed E-state index contributed by atoms with van der Waals surface area (Å²) in [6.07, 6.45) is -0.246. The zero-order valence-corrected chi connectivity index (χ0v) is 6.36. The van der Waals surface area contributed by atoms with Gasteiger partial charge in [-0.15, -0.1) is 0 Å². The summed E-state index contributed by atoms with van der Waals surface area (Å²) < 4.78 is 23.4. The van der Waals surface area contributed by atoms with E-state index in [-0.39, 0.29) is 5.54 Å². The van der Waals surface area contributed by atoms with Crippen molar-refractivity contribution in [1.82, 2.24) is 5.32 Å². The van der Waals surface area contributed by atoms with Crippen LogP contribution in [0.5, 0.6) is 0 Å². The van der Waals surface area contributed by atoms with Gasteiger partial charge in [-0.1, -0.05) is 0 Å². The van der Waals surface area contributed by atoms with Crippen LogP contribution in [0.25, 0.3) is 0 Å². The molecule has 1 saturated carbocycles. The predicted molar refractivity (Wildman–Crippen MR) is 36.4 cm³/mol. The van der Waals surface area contributed by atoms with Gasteiger partial charge in [0.2, 0.25) is 0 Å². The summed E-state index contributed by atoms with van der Waals surface area (Å²) >= 11 is 0. The molecule has 11 heavy (non-hydrogen) atoms. The first-order valence-corrected chi connectivity index (χ1v) is 3.64. The second-order valence-corrected chi connectivity index (χ2v) is 3.20. The van der Waals surface area contributed by atoms with Crippen LogP contribution in [-0.4, -0.2) is 17.9 Å². The molecular formula is C7H11F2NO. The minimum atomic E-state index is -2.88. The van der Waals surface area contributed by atoms with E-state index in [0.717, 1.165) is 19.3 Å². The molecule has 64 valence electrons. The van der Waals surface area contributed by atoms with Crippen molar-refractivity contribution in [2.45, 2.75) is 38.2 Å². The van der Waals surface area contributed by atoms with Crippen LogP contribution in [0.4, 0.5) is 8.78 Å². The maximum atomic E-state index is 11.7. The summed E-state index contributed by atoms with van der Waals surface area (Å²) in [5, 5.41) is 2.30. The van der Waals surface area contributed by atoms with Crippen LogP contribution in [0.2, 0.25) is 0 Å². The molecule has 1 fully saturated rings. The van der Waals surface area contributed by atoms with Gasteiger partial charge in [0.25, 0.3) is 5.91 Å². The van der Waals surface area contributed by atoms with Crippen molar-refractivity contribution in [3.63, 3.8) is 0 Å². The van der Waals surface area contributed by atoms with E-state index in [1.807, 2.05) is 0 Å². The molecule has 1 rings (SSSR count). The van der Waals surface area contributed by atoms with Gasteiger partial charge in [-0.05, 0) is 26.2 Å². The number of alkyl halides is 2. The van der Waals surface area contributed by atoms with Gasteiger partial charge in [0.15, 0.2) is 0 Å². The molecule has 0 unspecified atom stereocenters. The lowest BCUT2D eigenvalue weighted by molar-refractivity contribution is -0.134. The molecule has 0 aromatic carbocycles. The first kappa shape index (κ1) is 8.43. The third-order valence-electron chi connectivity index (χ3n) is 2.08. The standard InChI is InChI=1S/C7H11F2NO/c1-7(3-2-4-7)10-6(11)5(8)9/h5H,2-4H2,1H3,(H,10,11). The molecule has 0 bridgehead atoms. The molecule has 0 aliphatic heterocycles. The molecule has 4 heteroatoms. The fourth-order valence-electron chi connectivity index (χ4n) is 1.18. The molecular weight excluding hydrogens is 152 g/mol. The largest absolute Gasteiger partial charge is 0.346 e. The molecule has 2 nitrogen and oxygen atoms in total. The maximum absolute atomic E-state index is 11.7. The third-order valence-corrected chi connectivity index (χ3v) is 2.08. The van der Waals surface area contributed by atoms with Gasteiger partial charge < -0.3 is 5.32 Å². The number of amides is 1. The Kier molecular flexibility index (Phi) is 2.11. The van der Waals surface area contributed by atoms with E-state index >= 15 is 0 Å². The minimum absolute atomic E-state index is 0.354. The summed E-state index contributed by atoms with van der Waals surface area (Å²) in [6.45, 7) is 1.79. The minimum Gasteiger partial charge on any atom is -0.346 e. The van der Waals surface area contributed by atoms with Crippen LogP contribution in [0, 0.1) is 0 Å². The van der Waals surface area contributed by atoms with Crippen molar-refractivity contribution in [1.29, 1.82) is 0 Å². The second kappa shape index (κ2) is 2.75. The van der Waals surface area contributed by atoms with E-state index < -0.39 is 12.3 Å². The van der Waals surface area contributed by atoms with Crippen molar-refractivity contribution in [2.75, 3.05) is 0 Å². The number of hydrogen-bond donors (Lipinski definition) is 1. The van der Waals surface area contributed by atoms with Crippen molar-refractivity contribution in [2.24, 2.45) is 0 Å². The molecule has 1 aliphatic rings. The molecule has 0 radical (unpaired) electrons. The Morgan fingerprint density at radius 1 is 1.55 bits per heavy atom. The third kappa shape index (κ3) is 1.88. The summed E-state index contributed by atoms with van der Waals surface area (Å²) in [5.41, 5.74) is -0.354. The Bertz CT molecular complexity index is 166. The normalized spacial score (nSPS) is 21.1. The molecule has 1 aliphatic carbocycles. The lowest BCUT2D eigenvalue weighted by Crippen LogP contribution is -2.52. The van der Waals surface area contributed by atoms with E-state index in [4.69, 9.17) is 0 Å². The van der Waals surface area contributed by atoms with Gasteiger partial charge in [-0.3, -0.25) is 4.79 Å². The van der Waals surface area contributed by atoms with E-state index in [9.17, 15) is 13.6 Å². The highest BCUT2D eigenvalue weighted by Gasteiger charge is 2.34. The Balaban J connectivity index is 2.35. The Morgan fingerprint density at radius 2 is 2.09 bits per heavy atom. The highest BCUT2D eigenvalue weighted by Crippen LogP contribution is 2.30. The summed E-state index contributed by atoms with van der Waals surface area (Å²) in [6, 6.07) is 0. The van der Waals surface area contributed by atoms with Gasteiger partial charge >= 0.3 is 6.43 Å². The number of carbonyl (C=O) groups is 1. The van der Waals surface area contributed by atoms with Gasteiger partial charge in [-0.25, -0.2) is 0 Å².